The van der Waals surface area contributed by atoms with Gasteiger partial charge in [0, 0.05) is 19.5 Å². The van der Waals surface area contributed by atoms with Gasteiger partial charge in [0.25, 0.3) is 0 Å². The van der Waals surface area contributed by atoms with Gasteiger partial charge in [0.05, 0.1) is 0 Å². The molecule has 0 saturated carbocycles. The average Bonchev–Trinajstić information content (AvgIpc) is 2.35. The number of rotatable bonds is 7. The van der Waals surface area contributed by atoms with Gasteiger partial charge in [-0.25, -0.2) is 0 Å². The predicted octanol–water partition coefficient (Wildman–Crippen LogP) is 2.91. The van der Waals surface area contributed by atoms with Gasteiger partial charge in [0.15, 0.2) is 0 Å². The zero-order chi connectivity index (χ0) is 14.3. The van der Waals surface area contributed by atoms with E-state index < -0.39 is 0 Å². The van der Waals surface area contributed by atoms with Crippen molar-refractivity contribution in [2.75, 3.05) is 26.2 Å². The molecule has 1 amide bonds. The molecule has 3 heteroatoms. The van der Waals surface area contributed by atoms with Gasteiger partial charge >= 0.3 is 0 Å². The molecule has 1 aliphatic heterocycles. The number of carbonyl (C=O) groups is 1. The summed E-state index contributed by atoms with van der Waals surface area (Å²) in [5.41, 5.74) is 0. The average molecular weight is 268 g/mol. The van der Waals surface area contributed by atoms with E-state index in [2.05, 4.69) is 37.9 Å². The zero-order valence-corrected chi connectivity index (χ0v) is 13.2. The van der Waals surface area contributed by atoms with Crippen molar-refractivity contribution in [1.82, 2.24) is 10.2 Å². The highest BCUT2D eigenvalue weighted by molar-refractivity contribution is 5.76. The molecule has 1 rings (SSSR count). The molecule has 0 aromatic rings. The summed E-state index contributed by atoms with van der Waals surface area (Å²) < 4.78 is 0. The molecule has 1 saturated heterocycles. The summed E-state index contributed by atoms with van der Waals surface area (Å²) in [4.78, 5) is 14.4. The molecule has 0 aromatic carbocycles. The van der Waals surface area contributed by atoms with Crippen LogP contribution in [0.4, 0.5) is 0 Å². The highest BCUT2D eigenvalue weighted by Gasteiger charge is 2.19. The Kier molecular flexibility index (Phi) is 7.44. The van der Waals surface area contributed by atoms with Crippen LogP contribution in [-0.4, -0.2) is 37.0 Å². The van der Waals surface area contributed by atoms with Crippen LogP contribution < -0.4 is 5.32 Å². The molecule has 1 fully saturated rings. The van der Waals surface area contributed by atoms with E-state index in [-0.39, 0.29) is 0 Å². The van der Waals surface area contributed by atoms with E-state index in [0.717, 1.165) is 44.9 Å². The number of hydrogen-bond acceptors (Lipinski definition) is 2. The van der Waals surface area contributed by atoms with Crippen LogP contribution in [0.1, 0.15) is 53.4 Å². The van der Waals surface area contributed by atoms with E-state index in [0.29, 0.717) is 17.7 Å². The van der Waals surface area contributed by atoms with Crippen molar-refractivity contribution in [3.8, 4) is 0 Å². The second-order valence-corrected chi connectivity index (χ2v) is 6.82. The minimum atomic E-state index is 0.362. The van der Waals surface area contributed by atoms with E-state index in [1.807, 2.05) is 0 Å². The minimum absolute atomic E-state index is 0.362. The van der Waals surface area contributed by atoms with Crippen molar-refractivity contribution in [3.05, 3.63) is 0 Å². The third kappa shape index (κ3) is 6.95. The Morgan fingerprint density at radius 3 is 2.11 bits per heavy atom. The fourth-order valence-corrected chi connectivity index (χ4v) is 2.82. The zero-order valence-electron chi connectivity index (χ0n) is 13.2. The first-order valence-corrected chi connectivity index (χ1v) is 7.97. The molecule has 0 bridgehead atoms. The largest absolute Gasteiger partial charge is 0.342 e. The van der Waals surface area contributed by atoms with Crippen LogP contribution in [0.3, 0.4) is 0 Å². The molecule has 0 spiro atoms. The van der Waals surface area contributed by atoms with Gasteiger partial charge in [-0.1, -0.05) is 27.7 Å². The topological polar surface area (TPSA) is 32.3 Å². The summed E-state index contributed by atoms with van der Waals surface area (Å²) >= 11 is 0. The van der Waals surface area contributed by atoms with Gasteiger partial charge in [-0.3, -0.25) is 4.79 Å². The quantitative estimate of drug-likeness (QED) is 0.770. The first-order chi connectivity index (χ1) is 8.99. The van der Waals surface area contributed by atoms with Crippen LogP contribution in [0, 0.1) is 17.8 Å². The Morgan fingerprint density at radius 1 is 1.11 bits per heavy atom. The maximum Gasteiger partial charge on any atom is 0.222 e. The number of nitrogens with one attached hydrogen (secondary N) is 1. The molecule has 0 atom stereocenters. The van der Waals surface area contributed by atoms with Crippen LogP contribution in [-0.2, 0) is 4.79 Å². The minimum Gasteiger partial charge on any atom is -0.342 e. The molecular weight excluding hydrogens is 236 g/mol. The summed E-state index contributed by atoms with van der Waals surface area (Å²) in [6, 6.07) is 0. The Labute approximate surface area is 119 Å². The normalized spacial score (nSPS) is 17.2. The second-order valence-electron chi connectivity index (χ2n) is 6.82. The summed E-state index contributed by atoms with van der Waals surface area (Å²) in [6.07, 6.45) is 4.29. The number of amides is 1. The van der Waals surface area contributed by atoms with E-state index in [9.17, 15) is 4.79 Å². The van der Waals surface area contributed by atoms with E-state index in [4.69, 9.17) is 0 Å². The lowest BCUT2D eigenvalue weighted by molar-refractivity contribution is -0.132. The van der Waals surface area contributed by atoms with Crippen molar-refractivity contribution in [2.24, 2.45) is 17.8 Å². The van der Waals surface area contributed by atoms with Crippen LogP contribution in [0.2, 0.25) is 0 Å². The second kappa shape index (κ2) is 8.57. The summed E-state index contributed by atoms with van der Waals surface area (Å²) in [5.74, 6) is 2.23. The van der Waals surface area contributed by atoms with Gasteiger partial charge in [0.2, 0.25) is 5.91 Å². The molecule has 19 heavy (non-hydrogen) atoms. The lowest BCUT2D eigenvalue weighted by Gasteiger charge is -2.28. The molecule has 1 heterocycles. The highest BCUT2D eigenvalue weighted by Crippen LogP contribution is 2.19. The van der Waals surface area contributed by atoms with Crippen LogP contribution >= 0.6 is 0 Å². The van der Waals surface area contributed by atoms with Gasteiger partial charge in [0.1, 0.15) is 0 Å². The van der Waals surface area contributed by atoms with E-state index in [1.165, 1.54) is 12.8 Å². The predicted molar refractivity (Wildman–Crippen MR) is 81.1 cm³/mol. The van der Waals surface area contributed by atoms with Crippen LogP contribution in [0.15, 0.2) is 0 Å². The number of carbonyl (C=O) groups excluding carboxylic acids is 1. The van der Waals surface area contributed by atoms with E-state index >= 15 is 0 Å². The maximum absolute atomic E-state index is 12.4. The number of hydrogen-bond donors (Lipinski definition) is 1. The molecule has 0 radical (unpaired) electrons. The molecule has 1 aliphatic rings. The van der Waals surface area contributed by atoms with Crippen molar-refractivity contribution in [1.29, 1.82) is 0 Å². The van der Waals surface area contributed by atoms with Crippen molar-refractivity contribution < 1.29 is 4.79 Å². The van der Waals surface area contributed by atoms with Gasteiger partial charge in [-0.05, 0) is 50.1 Å². The smallest absolute Gasteiger partial charge is 0.222 e. The number of piperidine rings is 1. The van der Waals surface area contributed by atoms with Crippen molar-refractivity contribution in [3.63, 3.8) is 0 Å². The Balaban J connectivity index is 2.37. The fraction of sp³-hybridized carbons (Fsp3) is 0.938. The van der Waals surface area contributed by atoms with Crippen molar-refractivity contribution in [2.45, 2.75) is 53.4 Å². The molecule has 0 aromatic heterocycles. The summed E-state index contributed by atoms with van der Waals surface area (Å²) in [5, 5.41) is 3.38. The molecule has 112 valence electrons. The first-order valence-electron chi connectivity index (χ1n) is 7.97. The SMILES string of the molecule is CC(C)CN(CC(C)C)C(=O)CCC1CCNCC1. The Hall–Kier alpha value is -0.570. The molecule has 3 nitrogen and oxygen atoms in total. The monoisotopic (exact) mass is 268 g/mol. The van der Waals surface area contributed by atoms with E-state index in [1.54, 1.807) is 0 Å². The first kappa shape index (κ1) is 16.5. The third-order valence-corrected chi connectivity index (χ3v) is 3.75. The third-order valence-electron chi connectivity index (χ3n) is 3.75. The van der Waals surface area contributed by atoms with Crippen LogP contribution in [0.5, 0.6) is 0 Å². The maximum atomic E-state index is 12.4. The summed E-state index contributed by atoms with van der Waals surface area (Å²) in [6.45, 7) is 12.8. The Morgan fingerprint density at radius 2 is 1.63 bits per heavy atom. The fourth-order valence-electron chi connectivity index (χ4n) is 2.82. The summed E-state index contributed by atoms with van der Waals surface area (Å²) in [7, 11) is 0. The molecular formula is C16H32N2O. The Bertz CT molecular complexity index is 247. The highest BCUT2D eigenvalue weighted by atomic mass is 16.2. The van der Waals surface area contributed by atoms with Crippen LogP contribution in [0.25, 0.3) is 0 Å². The molecule has 0 unspecified atom stereocenters. The lowest BCUT2D eigenvalue weighted by Crippen LogP contribution is -2.37. The van der Waals surface area contributed by atoms with Gasteiger partial charge in [-0.2, -0.15) is 0 Å². The lowest BCUT2D eigenvalue weighted by atomic mass is 9.93. The van der Waals surface area contributed by atoms with Crippen molar-refractivity contribution >= 4 is 5.91 Å². The van der Waals surface area contributed by atoms with Gasteiger partial charge < -0.3 is 10.2 Å². The molecule has 1 N–H and O–H groups in total. The van der Waals surface area contributed by atoms with Gasteiger partial charge in [-0.15, -0.1) is 0 Å². The number of nitrogens with zero attached hydrogens (tertiary/aromatic N) is 1. The molecule has 0 aliphatic carbocycles. The standard InChI is InChI=1S/C16H32N2O/c1-13(2)11-18(12-14(3)4)16(19)6-5-15-7-9-17-10-8-15/h13-15,17H,5-12H2,1-4H3.